The molecule has 1 atom stereocenters. The van der Waals surface area contributed by atoms with E-state index in [0.29, 0.717) is 29.7 Å². The highest BCUT2D eigenvalue weighted by Crippen LogP contribution is 2.42. The summed E-state index contributed by atoms with van der Waals surface area (Å²) in [5.74, 6) is -0.601. The molecule has 1 unspecified atom stereocenters. The fourth-order valence-corrected chi connectivity index (χ4v) is 3.28. The maximum Gasteiger partial charge on any atom is 0.319 e. The van der Waals surface area contributed by atoms with Crippen molar-refractivity contribution in [3.8, 4) is 5.75 Å². The van der Waals surface area contributed by atoms with E-state index in [9.17, 15) is 14.6 Å². The van der Waals surface area contributed by atoms with Gasteiger partial charge in [-0.25, -0.2) is 0 Å². The minimum Gasteiger partial charge on any atom is -0.469 e. The third-order valence-corrected chi connectivity index (χ3v) is 4.74. The van der Waals surface area contributed by atoms with E-state index in [1.165, 1.54) is 5.57 Å². The fraction of sp³-hybridized carbons (Fsp3) is 0.476. The number of nitrogens with zero attached hydrogens (tertiary/aromatic N) is 2. The molecule has 0 fully saturated rings. The summed E-state index contributed by atoms with van der Waals surface area (Å²) < 4.78 is 6.00. The first-order valence-corrected chi connectivity index (χ1v) is 9.56. The predicted molar refractivity (Wildman–Crippen MR) is 110 cm³/mol. The van der Waals surface area contributed by atoms with Gasteiger partial charge in [0, 0.05) is 17.2 Å². The van der Waals surface area contributed by atoms with Crippen LogP contribution >= 0.6 is 0 Å². The molecule has 1 aromatic rings. The van der Waals surface area contributed by atoms with Crippen LogP contribution in [0.2, 0.25) is 0 Å². The normalized spacial score (nSPS) is 17.4. The van der Waals surface area contributed by atoms with Crippen LogP contribution in [0, 0.1) is 9.81 Å². The van der Waals surface area contributed by atoms with Crippen LogP contribution in [0.25, 0.3) is 6.08 Å². The van der Waals surface area contributed by atoms with Gasteiger partial charge in [0.25, 0.3) is 0 Å². The second-order valence-corrected chi connectivity index (χ2v) is 7.33. The lowest BCUT2D eigenvalue weighted by Crippen LogP contribution is -2.45. The molecule has 0 saturated heterocycles. The third kappa shape index (κ3) is 4.98. The van der Waals surface area contributed by atoms with E-state index in [1.807, 2.05) is 13.8 Å². The Morgan fingerprint density at radius 1 is 1.29 bits per heavy atom. The number of ether oxygens (including phenoxy) is 1. The van der Waals surface area contributed by atoms with Crippen LogP contribution in [0.4, 0.5) is 5.69 Å². The molecular formula is C21H27N3O4. The lowest BCUT2D eigenvalue weighted by Gasteiger charge is -2.32. The summed E-state index contributed by atoms with van der Waals surface area (Å²) in [4.78, 5) is 34.5. The highest BCUT2D eigenvalue weighted by molar-refractivity contribution is 6.03. The van der Waals surface area contributed by atoms with Crippen molar-refractivity contribution in [2.45, 2.75) is 65.0 Å². The standard InChI is InChI=1S/C21H27N3O4/c1-4-5-6-9-15-13-17-16(19(23-26)18(15)20(25)24-27)10-12-21(22,28-17)11-7-8-14(2)3/h8,10,12-13H,4-7,9,11,22H2,1-3H3. The molecule has 1 aromatic carbocycles. The molecule has 7 nitrogen and oxygen atoms in total. The minimum absolute atomic E-state index is 0.0397. The van der Waals surface area contributed by atoms with Crippen LogP contribution in [0.15, 0.2) is 34.1 Å². The molecule has 2 N–H and O–H groups in total. The van der Waals surface area contributed by atoms with Crippen molar-refractivity contribution >= 4 is 17.7 Å². The number of fused-ring (bicyclic) bond motifs is 1. The summed E-state index contributed by atoms with van der Waals surface area (Å²) in [6.45, 7) is 6.09. The zero-order chi connectivity index (χ0) is 20.7. The van der Waals surface area contributed by atoms with Crippen molar-refractivity contribution in [1.29, 1.82) is 0 Å². The Hall–Kier alpha value is -2.67. The second-order valence-electron chi connectivity index (χ2n) is 7.33. The van der Waals surface area contributed by atoms with E-state index in [1.54, 1.807) is 18.2 Å². The predicted octanol–water partition coefficient (Wildman–Crippen LogP) is 5.53. The summed E-state index contributed by atoms with van der Waals surface area (Å²) in [7, 11) is 0. The number of carbonyl (C=O) groups excluding carboxylic acids is 1. The van der Waals surface area contributed by atoms with Gasteiger partial charge in [-0.2, -0.15) is 0 Å². The van der Waals surface area contributed by atoms with Gasteiger partial charge in [0.1, 0.15) is 11.4 Å². The number of rotatable bonds is 9. The number of benzene rings is 1. The molecule has 0 aromatic heterocycles. The van der Waals surface area contributed by atoms with E-state index in [4.69, 9.17) is 10.5 Å². The summed E-state index contributed by atoms with van der Waals surface area (Å²) in [5, 5.41) is 5.53. The van der Waals surface area contributed by atoms with Gasteiger partial charge in [-0.05, 0) is 62.1 Å². The Labute approximate surface area is 165 Å². The summed E-state index contributed by atoms with van der Waals surface area (Å²) in [6.07, 6.45) is 9.93. The van der Waals surface area contributed by atoms with Crippen molar-refractivity contribution in [3.05, 3.63) is 50.3 Å². The average molecular weight is 385 g/mol. The number of nitroso groups, excluding NO2 is 2. The smallest absolute Gasteiger partial charge is 0.319 e. The maximum absolute atomic E-state index is 12.1. The number of hydrogen-bond donors (Lipinski definition) is 1. The van der Waals surface area contributed by atoms with E-state index >= 15 is 0 Å². The third-order valence-electron chi connectivity index (χ3n) is 4.74. The van der Waals surface area contributed by atoms with Crippen molar-refractivity contribution in [2.75, 3.05) is 0 Å². The highest BCUT2D eigenvalue weighted by Gasteiger charge is 2.32. The molecule has 0 bridgehead atoms. The SMILES string of the molecule is CCCCCc1cc2c(c(N=O)c1C(=O)N=O)C=CC(N)(CCC=C(C)C)O2. The topological polar surface area (TPSA) is 111 Å². The Bertz CT molecular complexity index is 825. The molecule has 0 spiro atoms. The molecular weight excluding hydrogens is 358 g/mol. The Morgan fingerprint density at radius 3 is 2.64 bits per heavy atom. The number of aryl methyl sites for hydroxylation is 1. The van der Waals surface area contributed by atoms with Crippen LogP contribution in [0.5, 0.6) is 5.75 Å². The molecule has 0 aliphatic carbocycles. The Balaban J connectivity index is 2.46. The summed E-state index contributed by atoms with van der Waals surface area (Å²) in [5.41, 5.74) is 7.27. The van der Waals surface area contributed by atoms with Crippen molar-refractivity contribution in [1.82, 2.24) is 0 Å². The largest absolute Gasteiger partial charge is 0.469 e. The van der Waals surface area contributed by atoms with Crippen LogP contribution in [-0.4, -0.2) is 11.6 Å². The van der Waals surface area contributed by atoms with E-state index < -0.39 is 11.6 Å². The molecule has 1 aliphatic heterocycles. The first-order chi connectivity index (χ1) is 13.3. The van der Waals surface area contributed by atoms with Gasteiger partial charge in [-0.3, -0.25) is 10.5 Å². The van der Waals surface area contributed by atoms with Crippen molar-refractivity contribution < 1.29 is 9.53 Å². The lowest BCUT2D eigenvalue weighted by molar-refractivity contribution is 0.1000. The molecule has 150 valence electrons. The zero-order valence-corrected chi connectivity index (χ0v) is 16.7. The van der Waals surface area contributed by atoms with Gasteiger partial charge in [0.2, 0.25) is 0 Å². The van der Waals surface area contributed by atoms with Gasteiger partial charge in [0.05, 0.1) is 5.56 Å². The van der Waals surface area contributed by atoms with E-state index in [2.05, 4.69) is 23.4 Å². The van der Waals surface area contributed by atoms with Crippen LogP contribution in [0.3, 0.4) is 0 Å². The minimum atomic E-state index is -1.02. The quantitative estimate of drug-likeness (QED) is 0.341. The monoisotopic (exact) mass is 385 g/mol. The zero-order valence-electron chi connectivity index (χ0n) is 16.7. The van der Waals surface area contributed by atoms with Gasteiger partial charge in [0.15, 0.2) is 5.72 Å². The number of hydrogen-bond acceptors (Lipinski definition) is 6. The number of allylic oxidation sites excluding steroid dienone is 2. The Morgan fingerprint density at radius 2 is 2.04 bits per heavy atom. The van der Waals surface area contributed by atoms with Gasteiger partial charge < -0.3 is 4.74 Å². The second kappa shape index (κ2) is 9.50. The molecule has 7 heteroatoms. The molecule has 1 aliphatic rings. The molecule has 2 rings (SSSR count). The number of nitrogens with two attached hydrogens (primary N) is 1. The molecule has 0 radical (unpaired) electrons. The Kier molecular flexibility index (Phi) is 7.34. The first-order valence-electron chi connectivity index (χ1n) is 9.56. The van der Waals surface area contributed by atoms with Gasteiger partial charge in [-0.1, -0.05) is 31.4 Å². The number of amides is 1. The fourth-order valence-electron chi connectivity index (χ4n) is 3.28. The van der Waals surface area contributed by atoms with E-state index in [0.717, 1.165) is 25.7 Å². The number of carbonyl (C=O) groups is 1. The average Bonchev–Trinajstić information content (AvgIpc) is 2.65. The lowest BCUT2D eigenvalue weighted by atomic mass is 9.92. The number of unbranched alkanes of at least 4 members (excludes halogenated alkanes) is 2. The van der Waals surface area contributed by atoms with Crippen LogP contribution in [0.1, 0.15) is 74.4 Å². The summed E-state index contributed by atoms with van der Waals surface area (Å²) in [6, 6.07) is 1.68. The highest BCUT2D eigenvalue weighted by atomic mass is 16.5. The van der Waals surface area contributed by atoms with Crippen molar-refractivity contribution in [3.63, 3.8) is 0 Å². The molecule has 1 amide bonds. The van der Waals surface area contributed by atoms with Crippen LogP contribution in [-0.2, 0) is 6.42 Å². The summed E-state index contributed by atoms with van der Waals surface area (Å²) >= 11 is 0. The van der Waals surface area contributed by atoms with Gasteiger partial charge >= 0.3 is 5.91 Å². The molecule has 0 saturated carbocycles. The van der Waals surface area contributed by atoms with E-state index in [-0.39, 0.29) is 11.3 Å². The maximum atomic E-state index is 12.1. The van der Waals surface area contributed by atoms with Crippen LogP contribution < -0.4 is 10.5 Å². The molecule has 1 heterocycles. The van der Waals surface area contributed by atoms with Crippen molar-refractivity contribution in [2.24, 2.45) is 16.1 Å². The molecule has 28 heavy (non-hydrogen) atoms. The first kappa shape index (κ1) is 21.6. The van der Waals surface area contributed by atoms with Gasteiger partial charge in [-0.15, -0.1) is 9.81 Å².